The molecule has 0 fully saturated rings. The van der Waals surface area contributed by atoms with E-state index in [1.807, 2.05) is 38.2 Å². The molecule has 5 heteroatoms. The zero-order valence-electron chi connectivity index (χ0n) is 14.2. The van der Waals surface area contributed by atoms with Gasteiger partial charge in [0.15, 0.2) is 0 Å². The van der Waals surface area contributed by atoms with Gasteiger partial charge < -0.3 is 5.32 Å². The highest BCUT2D eigenvalue weighted by Crippen LogP contribution is 2.21. The van der Waals surface area contributed by atoms with Gasteiger partial charge in [-0.25, -0.2) is 9.97 Å². The van der Waals surface area contributed by atoms with E-state index in [0.29, 0.717) is 5.95 Å². The van der Waals surface area contributed by atoms with E-state index < -0.39 is 0 Å². The van der Waals surface area contributed by atoms with Crippen LogP contribution in [0.5, 0.6) is 0 Å². The van der Waals surface area contributed by atoms with E-state index in [1.54, 1.807) is 12.4 Å². The summed E-state index contributed by atoms with van der Waals surface area (Å²) in [6.45, 7) is 6.11. The van der Waals surface area contributed by atoms with Crippen LogP contribution in [0, 0.1) is 13.8 Å². The first-order chi connectivity index (χ1) is 11.6. The zero-order chi connectivity index (χ0) is 16.9. The Balaban J connectivity index is 1.75. The van der Waals surface area contributed by atoms with Crippen LogP contribution in [0.3, 0.4) is 0 Å². The summed E-state index contributed by atoms with van der Waals surface area (Å²) in [5.41, 5.74) is 5.08. The number of anilines is 1. The van der Waals surface area contributed by atoms with Gasteiger partial charge in [-0.2, -0.15) is 0 Å². The molecule has 1 N–H and O–H groups in total. The maximum absolute atomic E-state index is 4.64. The Morgan fingerprint density at radius 3 is 2.67 bits per heavy atom. The van der Waals surface area contributed by atoms with Gasteiger partial charge in [0.25, 0.3) is 0 Å². The van der Waals surface area contributed by atoms with E-state index >= 15 is 0 Å². The fraction of sp³-hybridized carbons (Fsp3) is 0.263. The zero-order valence-corrected chi connectivity index (χ0v) is 14.2. The number of aryl methyl sites for hydroxylation is 2. The van der Waals surface area contributed by atoms with Crippen molar-refractivity contribution in [1.82, 2.24) is 19.9 Å². The molecule has 3 rings (SSSR count). The van der Waals surface area contributed by atoms with Gasteiger partial charge in [0, 0.05) is 41.6 Å². The summed E-state index contributed by atoms with van der Waals surface area (Å²) in [6, 6.07) is 10.2. The molecular weight excluding hydrogens is 298 g/mol. The molecule has 0 saturated heterocycles. The molecule has 0 spiro atoms. The second-order valence-electron chi connectivity index (χ2n) is 5.96. The topological polar surface area (TPSA) is 63.6 Å². The normalized spacial score (nSPS) is 12.0. The molecule has 0 bridgehead atoms. The molecule has 0 amide bonds. The minimum Gasteiger partial charge on any atom is -0.351 e. The molecule has 3 aromatic rings. The van der Waals surface area contributed by atoms with Crippen LogP contribution in [0.25, 0.3) is 11.3 Å². The Morgan fingerprint density at radius 2 is 1.92 bits per heavy atom. The van der Waals surface area contributed by atoms with Crippen LogP contribution >= 0.6 is 0 Å². The van der Waals surface area contributed by atoms with Crippen LogP contribution in [0.2, 0.25) is 0 Å². The molecule has 0 saturated carbocycles. The Kier molecular flexibility index (Phi) is 4.79. The minimum absolute atomic E-state index is 0.210. The van der Waals surface area contributed by atoms with Crippen LogP contribution in [0.15, 0.2) is 48.9 Å². The molecule has 0 aliphatic carbocycles. The highest BCUT2D eigenvalue weighted by molar-refractivity contribution is 5.62. The van der Waals surface area contributed by atoms with Crippen LogP contribution in [0.4, 0.5) is 5.95 Å². The summed E-state index contributed by atoms with van der Waals surface area (Å²) in [5, 5.41) is 3.36. The summed E-state index contributed by atoms with van der Waals surface area (Å²) in [4.78, 5) is 17.6. The van der Waals surface area contributed by atoms with Crippen LogP contribution in [-0.2, 0) is 6.42 Å². The number of pyridine rings is 2. The Labute approximate surface area is 142 Å². The molecule has 3 heterocycles. The lowest BCUT2D eigenvalue weighted by atomic mass is 10.1. The average molecular weight is 319 g/mol. The predicted octanol–water partition coefficient (Wildman–Crippen LogP) is 3.59. The predicted molar refractivity (Wildman–Crippen MR) is 95.8 cm³/mol. The van der Waals surface area contributed by atoms with Crippen LogP contribution in [-0.4, -0.2) is 26.0 Å². The Morgan fingerprint density at radius 1 is 1.04 bits per heavy atom. The van der Waals surface area contributed by atoms with Gasteiger partial charge in [0.2, 0.25) is 5.95 Å². The minimum atomic E-state index is 0.210. The van der Waals surface area contributed by atoms with Gasteiger partial charge in [-0.15, -0.1) is 0 Å². The van der Waals surface area contributed by atoms with Crippen LogP contribution in [0.1, 0.15) is 23.9 Å². The molecule has 5 nitrogen and oxygen atoms in total. The van der Waals surface area contributed by atoms with Gasteiger partial charge in [-0.1, -0.05) is 6.07 Å². The maximum Gasteiger partial charge on any atom is 0.223 e. The van der Waals surface area contributed by atoms with Gasteiger partial charge in [0.1, 0.15) is 0 Å². The third kappa shape index (κ3) is 3.93. The summed E-state index contributed by atoms with van der Waals surface area (Å²) in [6.07, 6.45) is 6.32. The fourth-order valence-electron chi connectivity index (χ4n) is 2.68. The maximum atomic E-state index is 4.64. The number of rotatable bonds is 5. The fourth-order valence-corrected chi connectivity index (χ4v) is 2.68. The summed E-state index contributed by atoms with van der Waals surface area (Å²) >= 11 is 0. The van der Waals surface area contributed by atoms with Crippen LogP contribution < -0.4 is 5.32 Å². The second-order valence-corrected chi connectivity index (χ2v) is 5.96. The van der Waals surface area contributed by atoms with Crippen molar-refractivity contribution >= 4 is 5.95 Å². The van der Waals surface area contributed by atoms with Crippen molar-refractivity contribution in [2.75, 3.05) is 5.32 Å². The summed E-state index contributed by atoms with van der Waals surface area (Å²) in [5.74, 6) is 0.629. The van der Waals surface area contributed by atoms with E-state index in [9.17, 15) is 0 Å². The van der Waals surface area contributed by atoms with Crippen molar-refractivity contribution in [2.45, 2.75) is 33.2 Å². The highest BCUT2D eigenvalue weighted by atomic mass is 15.1. The Bertz CT molecular complexity index is 817. The molecule has 0 aromatic carbocycles. The first kappa shape index (κ1) is 16.1. The first-order valence-corrected chi connectivity index (χ1v) is 8.05. The van der Waals surface area contributed by atoms with E-state index in [-0.39, 0.29) is 6.04 Å². The monoisotopic (exact) mass is 319 g/mol. The van der Waals surface area contributed by atoms with E-state index in [4.69, 9.17) is 0 Å². The lowest BCUT2D eigenvalue weighted by Crippen LogP contribution is -2.19. The molecule has 24 heavy (non-hydrogen) atoms. The average Bonchev–Trinajstić information content (AvgIpc) is 2.56. The van der Waals surface area contributed by atoms with E-state index in [1.165, 1.54) is 5.56 Å². The lowest BCUT2D eigenvalue weighted by molar-refractivity contribution is 0.774. The summed E-state index contributed by atoms with van der Waals surface area (Å²) < 4.78 is 0. The van der Waals surface area contributed by atoms with Crippen molar-refractivity contribution in [3.05, 3.63) is 65.9 Å². The molecule has 3 aromatic heterocycles. The van der Waals surface area contributed by atoms with Crippen molar-refractivity contribution in [1.29, 1.82) is 0 Å². The number of nitrogens with zero attached hydrogens (tertiary/aromatic N) is 4. The van der Waals surface area contributed by atoms with Crippen molar-refractivity contribution in [3.63, 3.8) is 0 Å². The molecule has 0 aliphatic heterocycles. The van der Waals surface area contributed by atoms with Crippen molar-refractivity contribution in [2.24, 2.45) is 0 Å². The van der Waals surface area contributed by atoms with Gasteiger partial charge in [-0.05, 0) is 57.0 Å². The summed E-state index contributed by atoms with van der Waals surface area (Å²) in [7, 11) is 0. The third-order valence-electron chi connectivity index (χ3n) is 3.80. The number of nitrogens with one attached hydrogen (secondary N) is 1. The number of aromatic nitrogens is 4. The van der Waals surface area contributed by atoms with E-state index in [2.05, 4.69) is 44.3 Å². The van der Waals surface area contributed by atoms with Gasteiger partial charge >= 0.3 is 0 Å². The third-order valence-corrected chi connectivity index (χ3v) is 3.80. The SMILES string of the molecule is Cc1ccc(-c2ccnc(N[C@@H](C)Cc3cccnc3)n2)c(C)n1. The van der Waals surface area contributed by atoms with Gasteiger partial charge in [-0.3, -0.25) is 9.97 Å². The van der Waals surface area contributed by atoms with Crippen molar-refractivity contribution < 1.29 is 0 Å². The smallest absolute Gasteiger partial charge is 0.223 e. The largest absolute Gasteiger partial charge is 0.351 e. The van der Waals surface area contributed by atoms with Gasteiger partial charge in [0.05, 0.1) is 5.69 Å². The first-order valence-electron chi connectivity index (χ1n) is 8.05. The number of hydrogen-bond acceptors (Lipinski definition) is 5. The molecular formula is C19H21N5. The Hall–Kier alpha value is -2.82. The lowest BCUT2D eigenvalue weighted by Gasteiger charge is -2.14. The molecule has 0 aliphatic rings. The highest BCUT2D eigenvalue weighted by Gasteiger charge is 2.09. The second kappa shape index (κ2) is 7.17. The quantitative estimate of drug-likeness (QED) is 0.778. The molecule has 0 radical (unpaired) electrons. The molecule has 1 atom stereocenters. The van der Waals surface area contributed by atoms with Crippen molar-refractivity contribution in [3.8, 4) is 11.3 Å². The van der Waals surface area contributed by atoms with E-state index in [0.717, 1.165) is 29.1 Å². The standard InChI is InChI=1S/C19H21N5/c1-13-6-7-17(15(3)22-13)18-8-10-21-19(24-18)23-14(2)11-16-5-4-9-20-12-16/h4-10,12,14H,11H2,1-3H3,(H,21,23,24)/t14-/m0/s1. The molecule has 122 valence electrons. The number of hydrogen-bond donors (Lipinski definition) is 1. The molecule has 0 unspecified atom stereocenters.